The molecule has 2 aromatic rings. The fourth-order valence-corrected chi connectivity index (χ4v) is 3.18. The van der Waals surface area contributed by atoms with Crippen molar-refractivity contribution in [3.05, 3.63) is 62.6 Å². The number of ether oxygens (including phenoxy) is 1. The molecule has 0 aliphatic carbocycles. The van der Waals surface area contributed by atoms with Crippen molar-refractivity contribution in [3.8, 4) is 5.75 Å². The molecule has 0 saturated heterocycles. The molecule has 2 nitrogen and oxygen atoms in total. The van der Waals surface area contributed by atoms with Crippen molar-refractivity contribution in [2.45, 2.75) is 13.0 Å². The molecule has 0 fully saturated rings. The van der Waals surface area contributed by atoms with Crippen LogP contribution in [0.2, 0.25) is 5.02 Å². The standard InChI is InChI=1S/C16H17BrClNO/c1-10-4-6-12(14(17)8-10)16(19-2)13-9-11(18)5-7-15(13)20-3/h4-9,16,19H,1-3H3. The monoisotopic (exact) mass is 353 g/mol. The van der Waals surface area contributed by atoms with E-state index in [0.717, 1.165) is 21.3 Å². The minimum Gasteiger partial charge on any atom is -0.496 e. The number of rotatable bonds is 4. The second-order valence-corrected chi connectivity index (χ2v) is 5.92. The first-order valence-corrected chi connectivity index (χ1v) is 7.50. The van der Waals surface area contributed by atoms with E-state index in [1.165, 1.54) is 5.56 Å². The predicted molar refractivity (Wildman–Crippen MR) is 87.8 cm³/mol. The Bertz CT molecular complexity index is 615. The van der Waals surface area contributed by atoms with Crippen LogP contribution in [0.3, 0.4) is 0 Å². The predicted octanol–water partition coefficient (Wildman–Crippen LogP) is 4.73. The molecule has 4 heteroatoms. The molecule has 20 heavy (non-hydrogen) atoms. The minimum absolute atomic E-state index is 0.0126. The largest absolute Gasteiger partial charge is 0.496 e. The van der Waals surface area contributed by atoms with Gasteiger partial charge in [-0.2, -0.15) is 0 Å². The highest BCUT2D eigenvalue weighted by atomic mass is 79.9. The van der Waals surface area contributed by atoms with Crippen molar-refractivity contribution in [1.29, 1.82) is 0 Å². The summed E-state index contributed by atoms with van der Waals surface area (Å²) in [5, 5.41) is 4.03. The third kappa shape index (κ3) is 3.17. The molecule has 0 saturated carbocycles. The zero-order valence-corrected chi connectivity index (χ0v) is 14.0. The van der Waals surface area contributed by atoms with Crippen molar-refractivity contribution in [2.75, 3.05) is 14.2 Å². The van der Waals surface area contributed by atoms with Gasteiger partial charge in [-0.1, -0.05) is 39.7 Å². The Hall–Kier alpha value is -1.03. The summed E-state index contributed by atoms with van der Waals surface area (Å²) in [7, 11) is 3.60. The summed E-state index contributed by atoms with van der Waals surface area (Å²) < 4.78 is 6.52. The number of benzene rings is 2. The highest BCUT2D eigenvalue weighted by Crippen LogP contribution is 2.35. The fraction of sp³-hybridized carbons (Fsp3) is 0.250. The van der Waals surface area contributed by atoms with Crippen LogP contribution in [-0.2, 0) is 0 Å². The average Bonchev–Trinajstić information content (AvgIpc) is 2.42. The quantitative estimate of drug-likeness (QED) is 0.857. The van der Waals surface area contributed by atoms with Crippen LogP contribution in [0.4, 0.5) is 0 Å². The molecule has 0 bridgehead atoms. The molecule has 1 N–H and O–H groups in total. The molecular weight excluding hydrogens is 338 g/mol. The molecule has 0 aliphatic heterocycles. The van der Waals surface area contributed by atoms with E-state index in [9.17, 15) is 0 Å². The molecular formula is C16H17BrClNO. The average molecular weight is 355 g/mol. The smallest absolute Gasteiger partial charge is 0.124 e. The lowest BCUT2D eigenvalue weighted by Gasteiger charge is -2.21. The number of nitrogens with one attached hydrogen (secondary N) is 1. The van der Waals surface area contributed by atoms with Gasteiger partial charge in [0.15, 0.2) is 0 Å². The molecule has 1 unspecified atom stereocenters. The van der Waals surface area contributed by atoms with Gasteiger partial charge in [0, 0.05) is 15.1 Å². The maximum absolute atomic E-state index is 6.13. The molecule has 0 spiro atoms. The van der Waals surface area contributed by atoms with E-state index in [0.29, 0.717) is 5.02 Å². The van der Waals surface area contributed by atoms with E-state index in [1.54, 1.807) is 7.11 Å². The van der Waals surface area contributed by atoms with Crippen LogP contribution < -0.4 is 10.1 Å². The van der Waals surface area contributed by atoms with Gasteiger partial charge in [-0.05, 0) is 49.4 Å². The minimum atomic E-state index is 0.0126. The van der Waals surface area contributed by atoms with Crippen LogP contribution in [0.25, 0.3) is 0 Å². The van der Waals surface area contributed by atoms with E-state index in [1.807, 2.05) is 25.2 Å². The topological polar surface area (TPSA) is 21.3 Å². The fourth-order valence-electron chi connectivity index (χ4n) is 2.28. The summed E-state index contributed by atoms with van der Waals surface area (Å²) in [6.07, 6.45) is 0. The maximum atomic E-state index is 6.13. The molecule has 2 aromatic carbocycles. The maximum Gasteiger partial charge on any atom is 0.124 e. The number of hydrogen-bond donors (Lipinski definition) is 1. The Morgan fingerprint density at radius 1 is 1.15 bits per heavy atom. The molecule has 1 atom stereocenters. The summed E-state index contributed by atoms with van der Waals surface area (Å²) in [5.74, 6) is 0.821. The normalized spacial score (nSPS) is 12.2. The lowest BCUT2D eigenvalue weighted by atomic mass is 9.97. The second-order valence-electron chi connectivity index (χ2n) is 4.63. The van der Waals surface area contributed by atoms with Gasteiger partial charge < -0.3 is 10.1 Å². The molecule has 0 aliphatic rings. The summed E-state index contributed by atoms with van der Waals surface area (Å²) in [4.78, 5) is 0. The van der Waals surface area contributed by atoms with Gasteiger partial charge in [-0.25, -0.2) is 0 Å². The van der Waals surface area contributed by atoms with Crippen molar-refractivity contribution in [3.63, 3.8) is 0 Å². The molecule has 0 amide bonds. The summed E-state index contributed by atoms with van der Waals surface area (Å²) in [6.45, 7) is 2.07. The van der Waals surface area contributed by atoms with Gasteiger partial charge in [0.05, 0.1) is 13.2 Å². The van der Waals surface area contributed by atoms with Crippen LogP contribution in [-0.4, -0.2) is 14.2 Å². The van der Waals surface area contributed by atoms with E-state index in [-0.39, 0.29) is 6.04 Å². The first-order valence-electron chi connectivity index (χ1n) is 6.33. The lowest BCUT2D eigenvalue weighted by Crippen LogP contribution is -2.19. The highest BCUT2D eigenvalue weighted by Gasteiger charge is 2.19. The van der Waals surface area contributed by atoms with Crippen molar-refractivity contribution in [1.82, 2.24) is 5.32 Å². The second kappa shape index (κ2) is 6.61. The summed E-state index contributed by atoms with van der Waals surface area (Å²) >= 11 is 9.77. The Labute approximate surface area is 133 Å². The van der Waals surface area contributed by atoms with Crippen LogP contribution >= 0.6 is 27.5 Å². The lowest BCUT2D eigenvalue weighted by molar-refractivity contribution is 0.405. The van der Waals surface area contributed by atoms with Gasteiger partial charge in [-0.3, -0.25) is 0 Å². The summed E-state index contributed by atoms with van der Waals surface area (Å²) in [5.41, 5.74) is 3.39. The molecule has 0 radical (unpaired) electrons. The molecule has 0 aromatic heterocycles. The number of aryl methyl sites for hydroxylation is 1. The van der Waals surface area contributed by atoms with Crippen LogP contribution in [0, 0.1) is 6.92 Å². The van der Waals surface area contributed by atoms with E-state index in [4.69, 9.17) is 16.3 Å². The zero-order chi connectivity index (χ0) is 14.7. The molecule has 0 heterocycles. The first-order chi connectivity index (χ1) is 9.56. The Morgan fingerprint density at radius 2 is 1.90 bits per heavy atom. The van der Waals surface area contributed by atoms with Gasteiger partial charge >= 0.3 is 0 Å². The van der Waals surface area contributed by atoms with E-state index in [2.05, 4.69) is 46.4 Å². The van der Waals surface area contributed by atoms with Crippen LogP contribution in [0.5, 0.6) is 5.75 Å². The van der Waals surface area contributed by atoms with Crippen LogP contribution in [0.1, 0.15) is 22.7 Å². The number of methoxy groups -OCH3 is 1. The molecule has 2 rings (SSSR count). The van der Waals surface area contributed by atoms with E-state index >= 15 is 0 Å². The van der Waals surface area contributed by atoms with E-state index < -0.39 is 0 Å². The zero-order valence-electron chi connectivity index (χ0n) is 11.7. The Balaban J connectivity index is 2.54. The SMILES string of the molecule is CNC(c1ccc(C)cc1Br)c1cc(Cl)ccc1OC. The van der Waals surface area contributed by atoms with Gasteiger partial charge in [-0.15, -0.1) is 0 Å². The Morgan fingerprint density at radius 3 is 2.50 bits per heavy atom. The Kier molecular flexibility index (Phi) is 5.08. The van der Waals surface area contributed by atoms with Gasteiger partial charge in [0.2, 0.25) is 0 Å². The number of hydrogen-bond acceptors (Lipinski definition) is 2. The third-order valence-corrected chi connectivity index (χ3v) is 4.18. The third-order valence-electron chi connectivity index (χ3n) is 3.26. The van der Waals surface area contributed by atoms with Crippen molar-refractivity contribution < 1.29 is 4.74 Å². The van der Waals surface area contributed by atoms with Gasteiger partial charge in [0.25, 0.3) is 0 Å². The van der Waals surface area contributed by atoms with Crippen molar-refractivity contribution in [2.24, 2.45) is 0 Å². The van der Waals surface area contributed by atoms with Crippen molar-refractivity contribution >= 4 is 27.5 Å². The molecule has 106 valence electrons. The van der Waals surface area contributed by atoms with Gasteiger partial charge in [0.1, 0.15) is 5.75 Å². The first kappa shape index (κ1) is 15.4. The summed E-state index contributed by atoms with van der Waals surface area (Å²) in [6, 6.07) is 12.0. The number of halogens is 2. The highest BCUT2D eigenvalue weighted by molar-refractivity contribution is 9.10. The van der Waals surface area contributed by atoms with Crippen LogP contribution in [0.15, 0.2) is 40.9 Å².